The molecule has 0 saturated carbocycles. The van der Waals surface area contributed by atoms with Crippen LogP contribution in [0.1, 0.15) is 30.2 Å². The van der Waals surface area contributed by atoms with Crippen LogP contribution in [0.2, 0.25) is 0 Å². The third kappa shape index (κ3) is 2.99. The largest absolute Gasteiger partial charge is 0.330 e. The Bertz CT molecular complexity index is 1000. The van der Waals surface area contributed by atoms with Crippen molar-refractivity contribution in [3.05, 3.63) is 78.1 Å². The van der Waals surface area contributed by atoms with Gasteiger partial charge in [0.2, 0.25) is 0 Å². The Morgan fingerprint density at radius 1 is 1.04 bits per heavy atom. The average Bonchev–Trinajstić information content (AvgIpc) is 3.28. The van der Waals surface area contributed by atoms with Crippen LogP contribution in [0.15, 0.2) is 60.9 Å². The second-order valence-corrected chi connectivity index (χ2v) is 6.23. The molecule has 4 rings (SSSR count). The standard InChI is InChI=1S/C20H22N6/c1-3-26-18(22-14-23-26)13-21-19(15-9-5-4-6-10-15)20-24-16-11-7-8-12-17(16)25(20)2/h4-12,14,19,21H,3,13H2,1-2H3. The van der Waals surface area contributed by atoms with Crippen molar-refractivity contribution in [2.45, 2.75) is 26.1 Å². The molecule has 0 aliphatic rings. The number of nitrogens with one attached hydrogen (secondary N) is 1. The van der Waals surface area contributed by atoms with Crippen LogP contribution in [0, 0.1) is 0 Å². The van der Waals surface area contributed by atoms with Gasteiger partial charge in [-0.1, -0.05) is 42.5 Å². The van der Waals surface area contributed by atoms with Crippen molar-refractivity contribution < 1.29 is 0 Å². The van der Waals surface area contributed by atoms with E-state index < -0.39 is 0 Å². The van der Waals surface area contributed by atoms with Gasteiger partial charge in [0, 0.05) is 13.6 Å². The summed E-state index contributed by atoms with van der Waals surface area (Å²) in [5.74, 6) is 1.91. The summed E-state index contributed by atoms with van der Waals surface area (Å²) in [6.07, 6.45) is 1.60. The highest BCUT2D eigenvalue weighted by Gasteiger charge is 2.21. The summed E-state index contributed by atoms with van der Waals surface area (Å²) >= 11 is 0. The Morgan fingerprint density at radius 2 is 1.81 bits per heavy atom. The van der Waals surface area contributed by atoms with Crippen molar-refractivity contribution in [1.82, 2.24) is 29.6 Å². The molecule has 0 aliphatic carbocycles. The van der Waals surface area contributed by atoms with Gasteiger partial charge in [-0.3, -0.25) is 5.32 Å². The normalized spacial score (nSPS) is 12.5. The molecule has 2 heterocycles. The number of imidazole rings is 1. The molecule has 1 N–H and O–H groups in total. The zero-order chi connectivity index (χ0) is 17.9. The molecule has 0 bridgehead atoms. The maximum Gasteiger partial charge on any atom is 0.140 e. The van der Waals surface area contributed by atoms with Crippen molar-refractivity contribution in [3.8, 4) is 0 Å². The Kier molecular flexibility index (Phi) is 4.50. The Hall–Kier alpha value is -2.99. The number of hydrogen-bond donors (Lipinski definition) is 1. The summed E-state index contributed by atoms with van der Waals surface area (Å²) in [4.78, 5) is 9.26. The van der Waals surface area contributed by atoms with Crippen LogP contribution >= 0.6 is 0 Å². The quantitative estimate of drug-likeness (QED) is 0.583. The van der Waals surface area contributed by atoms with Gasteiger partial charge in [-0.05, 0) is 24.6 Å². The summed E-state index contributed by atoms with van der Waals surface area (Å²) in [6.45, 7) is 3.49. The van der Waals surface area contributed by atoms with Gasteiger partial charge in [0.15, 0.2) is 0 Å². The van der Waals surface area contributed by atoms with E-state index in [0.29, 0.717) is 6.54 Å². The van der Waals surface area contributed by atoms with Gasteiger partial charge >= 0.3 is 0 Å². The molecule has 26 heavy (non-hydrogen) atoms. The van der Waals surface area contributed by atoms with Crippen LogP contribution in [0.25, 0.3) is 11.0 Å². The molecule has 4 aromatic rings. The molecule has 6 nitrogen and oxygen atoms in total. The van der Waals surface area contributed by atoms with Gasteiger partial charge in [0.05, 0.1) is 23.6 Å². The molecule has 132 valence electrons. The van der Waals surface area contributed by atoms with E-state index in [-0.39, 0.29) is 6.04 Å². The van der Waals surface area contributed by atoms with Gasteiger partial charge in [0.25, 0.3) is 0 Å². The minimum Gasteiger partial charge on any atom is -0.330 e. The number of para-hydroxylation sites is 2. The van der Waals surface area contributed by atoms with Crippen LogP contribution in [0.5, 0.6) is 0 Å². The van der Waals surface area contributed by atoms with E-state index in [0.717, 1.165) is 29.2 Å². The Balaban J connectivity index is 1.72. The lowest BCUT2D eigenvalue weighted by molar-refractivity contribution is 0.519. The number of aryl methyl sites for hydroxylation is 2. The predicted molar refractivity (Wildman–Crippen MR) is 102 cm³/mol. The van der Waals surface area contributed by atoms with Crippen molar-refractivity contribution in [3.63, 3.8) is 0 Å². The van der Waals surface area contributed by atoms with Gasteiger partial charge < -0.3 is 4.57 Å². The number of fused-ring (bicyclic) bond motifs is 1. The first-order chi connectivity index (χ1) is 12.8. The fourth-order valence-corrected chi connectivity index (χ4v) is 3.31. The third-order valence-corrected chi connectivity index (χ3v) is 4.67. The lowest BCUT2D eigenvalue weighted by atomic mass is 10.1. The number of rotatable bonds is 6. The molecule has 0 amide bonds. The topological polar surface area (TPSA) is 60.6 Å². The number of hydrogen-bond acceptors (Lipinski definition) is 4. The first-order valence-corrected chi connectivity index (χ1v) is 8.84. The summed E-state index contributed by atoms with van der Waals surface area (Å²) in [5.41, 5.74) is 3.31. The highest BCUT2D eigenvalue weighted by molar-refractivity contribution is 5.76. The van der Waals surface area contributed by atoms with Gasteiger partial charge in [-0.2, -0.15) is 5.10 Å². The van der Waals surface area contributed by atoms with Gasteiger partial charge in [-0.15, -0.1) is 0 Å². The molecule has 0 radical (unpaired) electrons. The third-order valence-electron chi connectivity index (χ3n) is 4.67. The molecular weight excluding hydrogens is 324 g/mol. The van der Waals surface area contributed by atoms with E-state index in [1.807, 2.05) is 22.9 Å². The smallest absolute Gasteiger partial charge is 0.140 e. The van der Waals surface area contributed by atoms with E-state index in [9.17, 15) is 0 Å². The lowest BCUT2D eigenvalue weighted by Gasteiger charge is -2.19. The number of aromatic nitrogens is 5. The lowest BCUT2D eigenvalue weighted by Crippen LogP contribution is -2.26. The number of benzene rings is 2. The minimum atomic E-state index is -0.0318. The monoisotopic (exact) mass is 346 g/mol. The molecule has 0 fully saturated rings. The van der Waals surface area contributed by atoms with E-state index in [1.54, 1.807) is 6.33 Å². The predicted octanol–water partition coefficient (Wildman–Crippen LogP) is 3.06. The molecule has 1 atom stereocenters. The molecular formula is C20H22N6. The molecule has 2 aromatic carbocycles. The SMILES string of the molecule is CCn1ncnc1CNC(c1ccccc1)c1nc2ccccc2n1C. The Morgan fingerprint density at radius 3 is 2.58 bits per heavy atom. The summed E-state index contributed by atoms with van der Waals surface area (Å²) in [5, 5.41) is 7.88. The van der Waals surface area contributed by atoms with Crippen LogP contribution in [0.3, 0.4) is 0 Å². The number of nitrogens with zero attached hydrogens (tertiary/aromatic N) is 5. The van der Waals surface area contributed by atoms with E-state index >= 15 is 0 Å². The van der Waals surface area contributed by atoms with Crippen molar-refractivity contribution in [2.75, 3.05) is 0 Å². The first-order valence-electron chi connectivity index (χ1n) is 8.84. The van der Waals surface area contributed by atoms with Crippen LogP contribution in [0.4, 0.5) is 0 Å². The maximum absolute atomic E-state index is 4.89. The van der Waals surface area contributed by atoms with Crippen LogP contribution in [-0.2, 0) is 20.1 Å². The average molecular weight is 346 g/mol. The summed E-state index contributed by atoms with van der Waals surface area (Å²) < 4.78 is 4.06. The minimum absolute atomic E-state index is 0.0318. The molecule has 0 saturated heterocycles. The molecule has 0 aliphatic heterocycles. The van der Waals surface area contributed by atoms with E-state index in [4.69, 9.17) is 4.98 Å². The van der Waals surface area contributed by atoms with Crippen LogP contribution in [-0.4, -0.2) is 24.3 Å². The Labute approximate surface area is 152 Å². The van der Waals surface area contributed by atoms with E-state index in [1.165, 1.54) is 5.56 Å². The second-order valence-electron chi connectivity index (χ2n) is 6.23. The highest BCUT2D eigenvalue weighted by Crippen LogP contribution is 2.25. The maximum atomic E-state index is 4.89. The van der Waals surface area contributed by atoms with E-state index in [2.05, 4.69) is 70.3 Å². The highest BCUT2D eigenvalue weighted by atomic mass is 15.3. The van der Waals surface area contributed by atoms with Gasteiger partial charge in [0.1, 0.15) is 18.0 Å². The van der Waals surface area contributed by atoms with Crippen molar-refractivity contribution >= 4 is 11.0 Å². The second kappa shape index (κ2) is 7.09. The van der Waals surface area contributed by atoms with Gasteiger partial charge in [-0.25, -0.2) is 14.6 Å². The molecule has 6 heteroatoms. The summed E-state index contributed by atoms with van der Waals surface area (Å²) in [7, 11) is 2.07. The van der Waals surface area contributed by atoms with Crippen LogP contribution < -0.4 is 5.32 Å². The van der Waals surface area contributed by atoms with Crippen molar-refractivity contribution in [2.24, 2.45) is 7.05 Å². The zero-order valence-corrected chi connectivity index (χ0v) is 15.0. The van der Waals surface area contributed by atoms with Crippen molar-refractivity contribution in [1.29, 1.82) is 0 Å². The summed E-state index contributed by atoms with van der Waals surface area (Å²) in [6, 6.07) is 18.6. The zero-order valence-electron chi connectivity index (χ0n) is 15.0. The fraction of sp³-hybridized carbons (Fsp3) is 0.250. The molecule has 0 spiro atoms. The fourth-order valence-electron chi connectivity index (χ4n) is 3.31. The molecule has 2 aromatic heterocycles. The first kappa shape index (κ1) is 16.5. The molecule has 1 unspecified atom stereocenters.